The molecule has 1 aliphatic heterocycles. The summed E-state index contributed by atoms with van der Waals surface area (Å²) in [5.74, 6) is 0.0640. The number of carbonyl (C=O) groups excluding carboxylic acids is 1. The largest absolute Gasteiger partial charge is 0.379 e. The van der Waals surface area contributed by atoms with E-state index in [9.17, 15) is 4.79 Å². The molecule has 106 valence electrons. The first-order valence-electron chi connectivity index (χ1n) is 6.82. The number of anilines is 1. The van der Waals surface area contributed by atoms with Crippen LogP contribution in [0.4, 0.5) is 5.13 Å². The number of carbonyl (C=O) groups is 1. The van der Waals surface area contributed by atoms with Crippen molar-refractivity contribution < 1.29 is 9.53 Å². The molecule has 0 unspecified atom stereocenters. The molecule has 1 N–H and O–H groups in total. The summed E-state index contributed by atoms with van der Waals surface area (Å²) in [6.45, 7) is 6.42. The topological polar surface area (TPSA) is 54.5 Å². The number of hydrogen-bond acceptors (Lipinski definition) is 5. The normalized spacial score (nSPS) is 16.5. The highest BCUT2D eigenvalue weighted by Gasteiger charge is 2.13. The quantitative estimate of drug-likeness (QED) is 0.868. The Morgan fingerprint density at radius 1 is 1.53 bits per heavy atom. The summed E-state index contributed by atoms with van der Waals surface area (Å²) < 4.78 is 5.32. The predicted molar refractivity (Wildman–Crippen MR) is 76.4 cm³/mol. The maximum atomic E-state index is 11.6. The lowest BCUT2D eigenvalue weighted by molar-refractivity contribution is -0.116. The molecule has 0 radical (unpaired) electrons. The zero-order chi connectivity index (χ0) is 13.5. The van der Waals surface area contributed by atoms with Gasteiger partial charge < -0.3 is 10.1 Å². The van der Waals surface area contributed by atoms with Crippen molar-refractivity contribution in [2.24, 2.45) is 0 Å². The first-order chi connectivity index (χ1) is 9.28. The summed E-state index contributed by atoms with van der Waals surface area (Å²) in [5, 5.41) is 5.59. The Morgan fingerprint density at radius 2 is 2.32 bits per heavy atom. The number of morpholine rings is 1. The third-order valence-corrected chi connectivity index (χ3v) is 3.85. The van der Waals surface area contributed by atoms with E-state index in [1.165, 1.54) is 11.3 Å². The fourth-order valence-corrected chi connectivity index (χ4v) is 2.66. The van der Waals surface area contributed by atoms with Gasteiger partial charge in [-0.3, -0.25) is 9.69 Å². The zero-order valence-electron chi connectivity index (χ0n) is 11.4. The molecule has 1 aromatic rings. The number of nitrogens with zero attached hydrogens (tertiary/aromatic N) is 2. The number of aromatic nitrogens is 1. The second-order valence-electron chi connectivity index (χ2n) is 4.68. The van der Waals surface area contributed by atoms with Gasteiger partial charge in [0.25, 0.3) is 0 Å². The van der Waals surface area contributed by atoms with Crippen molar-refractivity contribution in [2.45, 2.75) is 32.7 Å². The van der Waals surface area contributed by atoms with Gasteiger partial charge in [0.05, 0.1) is 18.9 Å². The summed E-state index contributed by atoms with van der Waals surface area (Å²) in [6, 6.07) is 0. The van der Waals surface area contributed by atoms with Gasteiger partial charge in [-0.15, -0.1) is 11.3 Å². The minimum absolute atomic E-state index is 0.0640. The SMILES string of the molecule is CCCCC(=O)Nc1nc(CN2CCOCC2)cs1. The molecular formula is C13H21N3O2S. The van der Waals surface area contributed by atoms with Crippen molar-refractivity contribution in [3.05, 3.63) is 11.1 Å². The van der Waals surface area contributed by atoms with E-state index in [1.54, 1.807) is 0 Å². The molecule has 1 amide bonds. The monoisotopic (exact) mass is 283 g/mol. The molecule has 0 saturated carbocycles. The number of hydrogen-bond donors (Lipinski definition) is 1. The second kappa shape index (κ2) is 7.57. The Balaban J connectivity index is 1.79. The summed E-state index contributed by atoms with van der Waals surface area (Å²) in [4.78, 5) is 18.4. The number of thiazole rings is 1. The molecule has 19 heavy (non-hydrogen) atoms. The summed E-state index contributed by atoms with van der Waals surface area (Å²) in [7, 11) is 0. The Bertz CT molecular complexity index is 402. The first-order valence-corrected chi connectivity index (χ1v) is 7.70. The molecule has 0 bridgehead atoms. The minimum Gasteiger partial charge on any atom is -0.379 e. The lowest BCUT2D eigenvalue weighted by Crippen LogP contribution is -2.35. The molecule has 0 atom stereocenters. The van der Waals surface area contributed by atoms with Gasteiger partial charge in [0.2, 0.25) is 5.91 Å². The Kier molecular flexibility index (Phi) is 5.75. The number of nitrogens with one attached hydrogen (secondary N) is 1. The van der Waals surface area contributed by atoms with Crippen LogP contribution < -0.4 is 5.32 Å². The number of rotatable bonds is 6. The molecule has 2 heterocycles. The maximum absolute atomic E-state index is 11.6. The lowest BCUT2D eigenvalue weighted by atomic mass is 10.2. The van der Waals surface area contributed by atoms with Gasteiger partial charge in [-0.2, -0.15) is 0 Å². The van der Waals surface area contributed by atoms with Crippen LogP contribution in [-0.4, -0.2) is 42.1 Å². The van der Waals surface area contributed by atoms with E-state index < -0.39 is 0 Å². The van der Waals surface area contributed by atoms with Crippen LogP contribution in [0, 0.1) is 0 Å². The third kappa shape index (κ3) is 4.89. The van der Waals surface area contributed by atoms with Crippen LogP contribution in [0.25, 0.3) is 0 Å². The molecular weight excluding hydrogens is 262 g/mol. The predicted octanol–water partition coefficient (Wildman–Crippen LogP) is 2.10. The van der Waals surface area contributed by atoms with E-state index in [-0.39, 0.29) is 5.91 Å². The maximum Gasteiger partial charge on any atom is 0.226 e. The zero-order valence-corrected chi connectivity index (χ0v) is 12.2. The molecule has 6 heteroatoms. The van der Waals surface area contributed by atoms with Gasteiger partial charge in [-0.1, -0.05) is 13.3 Å². The highest BCUT2D eigenvalue weighted by molar-refractivity contribution is 7.13. The van der Waals surface area contributed by atoms with Crippen LogP contribution in [0.3, 0.4) is 0 Å². The van der Waals surface area contributed by atoms with Gasteiger partial charge in [0.15, 0.2) is 5.13 Å². The average Bonchev–Trinajstić information content (AvgIpc) is 2.85. The van der Waals surface area contributed by atoms with E-state index in [0.29, 0.717) is 11.6 Å². The highest BCUT2D eigenvalue weighted by Crippen LogP contribution is 2.17. The third-order valence-electron chi connectivity index (χ3n) is 3.04. The van der Waals surface area contributed by atoms with Crippen LogP contribution in [0.1, 0.15) is 31.9 Å². The van der Waals surface area contributed by atoms with Crippen LogP contribution >= 0.6 is 11.3 Å². The van der Waals surface area contributed by atoms with E-state index >= 15 is 0 Å². The molecule has 0 aliphatic carbocycles. The van der Waals surface area contributed by atoms with Gasteiger partial charge >= 0.3 is 0 Å². The van der Waals surface area contributed by atoms with Crippen LogP contribution in [0.5, 0.6) is 0 Å². The Hall–Kier alpha value is -0.980. The molecule has 2 rings (SSSR count). The van der Waals surface area contributed by atoms with Crippen LogP contribution in [0.15, 0.2) is 5.38 Å². The number of ether oxygens (including phenoxy) is 1. The Morgan fingerprint density at radius 3 is 3.05 bits per heavy atom. The van der Waals surface area contributed by atoms with E-state index in [1.807, 2.05) is 5.38 Å². The van der Waals surface area contributed by atoms with Crippen molar-refractivity contribution in [2.75, 3.05) is 31.6 Å². The molecule has 1 aliphatic rings. The second-order valence-corrected chi connectivity index (χ2v) is 5.54. The van der Waals surface area contributed by atoms with Gasteiger partial charge in [0.1, 0.15) is 0 Å². The smallest absolute Gasteiger partial charge is 0.226 e. The van der Waals surface area contributed by atoms with Crippen LogP contribution in [-0.2, 0) is 16.1 Å². The first kappa shape index (κ1) is 14.4. The minimum atomic E-state index is 0.0640. The fraction of sp³-hybridized carbons (Fsp3) is 0.692. The van der Waals surface area contributed by atoms with E-state index in [2.05, 4.69) is 22.1 Å². The van der Waals surface area contributed by atoms with E-state index in [0.717, 1.165) is 51.4 Å². The lowest BCUT2D eigenvalue weighted by Gasteiger charge is -2.25. The molecule has 1 aromatic heterocycles. The van der Waals surface area contributed by atoms with Gasteiger partial charge in [0, 0.05) is 31.4 Å². The van der Waals surface area contributed by atoms with Crippen LogP contribution in [0.2, 0.25) is 0 Å². The Labute approximate surface area is 118 Å². The van der Waals surface area contributed by atoms with Crippen molar-refractivity contribution in [3.63, 3.8) is 0 Å². The van der Waals surface area contributed by atoms with Crippen molar-refractivity contribution in [1.82, 2.24) is 9.88 Å². The van der Waals surface area contributed by atoms with Crippen molar-refractivity contribution >= 4 is 22.4 Å². The molecule has 1 saturated heterocycles. The summed E-state index contributed by atoms with van der Waals surface area (Å²) >= 11 is 1.50. The molecule has 0 aromatic carbocycles. The highest BCUT2D eigenvalue weighted by atomic mass is 32.1. The molecule has 5 nitrogen and oxygen atoms in total. The molecule has 0 spiro atoms. The number of amides is 1. The van der Waals surface area contributed by atoms with Crippen molar-refractivity contribution in [1.29, 1.82) is 0 Å². The number of unbranched alkanes of at least 4 members (excludes halogenated alkanes) is 1. The fourth-order valence-electron chi connectivity index (χ4n) is 1.94. The van der Waals surface area contributed by atoms with Gasteiger partial charge in [-0.25, -0.2) is 4.98 Å². The van der Waals surface area contributed by atoms with Crippen molar-refractivity contribution in [3.8, 4) is 0 Å². The summed E-state index contributed by atoms with van der Waals surface area (Å²) in [5.41, 5.74) is 1.03. The molecule has 1 fully saturated rings. The standard InChI is InChI=1S/C13H21N3O2S/c1-2-3-4-12(17)15-13-14-11(10-19-13)9-16-5-7-18-8-6-16/h10H,2-9H2,1H3,(H,14,15,17). The summed E-state index contributed by atoms with van der Waals surface area (Å²) in [6.07, 6.45) is 2.54. The van der Waals surface area contributed by atoms with Gasteiger partial charge in [-0.05, 0) is 6.42 Å². The van der Waals surface area contributed by atoms with E-state index in [4.69, 9.17) is 4.74 Å². The average molecular weight is 283 g/mol.